The quantitative estimate of drug-likeness (QED) is 0.537. The Balaban J connectivity index is 1.54. The molecule has 2 aromatic carbocycles. The van der Waals surface area contributed by atoms with Gasteiger partial charge in [0.2, 0.25) is 0 Å². The molecule has 1 saturated carbocycles. The Morgan fingerprint density at radius 3 is 2.07 bits per heavy atom. The van der Waals surface area contributed by atoms with Crippen molar-refractivity contribution < 1.29 is 13.7 Å². The summed E-state index contributed by atoms with van der Waals surface area (Å²) in [5, 5.41) is 0.876. The number of furan rings is 1. The molecular formula is C24H27BO3. The van der Waals surface area contributed by atoms with E-state index in [4.69, 9.17) is 13.7 Å². The summed E-state index contributed by atoms with van der Waals surface area (Å²) >= 11 is 0. The Labute approximate surface area is 167 Å². The van der Waals surface area contributed by atoms with Crippen LogP contribution in [0.1, 0.15) is 57.8 Å². The van der Waals surface area contributed by atoms with E-state index in [9.17, 15) is 0 Å². The zero-order valence-electron chi connectivity index (χ0n) is 17.1. The summed E-state index contributed by atoms with van der Waals surface area (Å²) in [5.74, 6) is 1.48. The molecule has 0 N–H and O–H groups in total. The Bertz CT molecular complexity index is 950. The number of hydrogen-bond acceptors (Lipinski definition) is 3. The maximum atomic E-state index is 6.52. The van der Waals surface area contributed by atoms with Crippen LogP contribution in [0.5, 0.6) is 0 Å². The average Bonchev–Trinajstić information content (AvgIpc) is 3.13. The van der Waals surface area contributed by atoms with Crippen molar-refractivity contribution in [1.82, 2.24) is 0 Å². The molecule has 0 unspecified atom stereocenters. The highest BCUT2D eigenvalue weighted by Crippen LogP contribution is 2.58. The molecule has 28 heavy (non-hydrogen) atoms. The second kappa shape index (κ2) is 5.98. The van der Waals surface area contributed by atoms with Crippen LogP contribution in [0, 0.1) is 0 Å². The second-order valence-electron chi connectivity index (χ2n) is 9.41. The maximum absolute atomic E-state index is 6.52. The molecule has 3 aromatic rings. The van der Waals surface area contributed by atoms with Crippen molar-refractivity contribution in [1.29, 1.82) is 0 Å². The van der Waals surface area contributed by atoms with Gasteiger partial charge in [-0.25, -0.2) is 0 Å². The van der Waals surface area contributed by atoms with Crippen molar-refractivity contribution in [2.24, 2.45) is 0 Å². The van der Waals surface area contributed by atoms with Crippen LogP contribution in [-0.4, -0.2) is 18.3 Å². The van der Waals surface area contributed by atoms with Crippen LogP contribution < -0.4 is 0 Å². The molecule has 1 aliphatic heterocycles. The zero-order chi connectivity index (χ0) is 19.6. The zero-order valence-corrected chi connectivity index (χ0v) is 17.1. The number of hydrogen-bond donors (Lipinski definition) is 0. The normalized spacial score (nSPS) is 28.4. The fourth-order valence-electron chi connectivity index (χ4n) is 4.59. The molecule has 3 nitrogen and oxygen atoms in total. The van der Waals surface area contributed by atoms with Crippen LogP contribution in [-0.2, 0) is 14.6 Å². The third kappa shape index (κ3) is 2.58. The third-order valence-corrected chi connectivity index (χ3v) is 7.11. The van der Waals surface area contributed by atoms with Crippen LogP contribution >= 0.6 is 0 Å². The highest BCUT2D eigenvalue weighted by molar-refractivity contribution is 6.50. The predicted octanol–water partition coefficient (Wildman–Crippen LogP) is 5.88. The van der Waals surface area contributed by atoms with Crippen LogP contribution in [0.15, 0.2) is 65.1 Å². The first-order valence-corrected chi connectivity index (χ1v) is 10.2. The minimum Gasteiger partial charge on any atom is -0.461 e. The minimum atomic E-state index is -0.353. The lowest BCUT2D eigenvalue weighted by Crippen LogP contribution is -2.53. The van der Waals surface area contributed by atoms with Gasteiger partial charge in [0.05, 0.1) is 16.5 Å². The number of rotatable bonds is 3. The lowest BCUT2D eigenvalue weighted by molar-refractivity contribution is 0.00578. The summed E-state index contributed by atoms with van der Waals surface area (Å²) in [5.41, 5.74) is 1.60. The molecule has 2 fully saturated rings. The molecular weight excluding hydrogens is 347 g/mol. The van der Waals surface area contributed by atoms with E-state index >= 15 is 0 Å². The molecule has 2 aliphatic rings. The van der Waals surface area contributed by atoms with E-state index in [1.54, 1.807) is 0 Å². The van der Waals surface area contributed by atoms with E-state index in [0.29, 0.717) is 5.92 Å². The van der Waals surface area contributed by atoms with E-state index in [1.165, 1.54) is 5.56 Å². The first-order valence-electron chi connectivity index (χ1n) is 10.2. The monoisotopic (exact) mass is 374 g/mol. The van der Waals surface area contributed by atoms with Crippen molar-refractivity contribution in [3.63, 3.8) is 0 Å². The first-order chi connectivity index (χ1) is 13.3. The average molecular weight is 374 g/mol. The van der Waals surface area contributed by atoms with E-state index in [0.717, 1.165) is 29.6 Å². The van der Waals surface area contributed by atoms with Crippen molar-refractivity contribution in [3.8, 4) is 0 Å². The van der Waals surface area contributed by atoms with Gasteiger partial charge >= 0.3 is 7.12 Å². The number of benzene rings is 2. The molecule has 0 radical (unpaired) electrons. The van der Waals surface area contributed by atoms with Crippen LogP contribution in [0.3, 0.4) is 0 Å². The molecule has 1 aromatic heterocycles. The number of fused-ring (bicyclic) bond motifs is 1. The largest absolute Gasteiger partial charge is 0.472 e. The Hall–Kier alpha value is -2.04. The minimum absolute atomic E-state index is 0.259. The summed E-state index contributed by atoms with van der Waals surface area (Å²) in [4.78, 5) is 0. The highest BCUT2D eigenvalue weighted by Gasteiger charge is 2.65. The molecule has 0 amide bonds. The third-order valence-electron chi connectivity index (χ3n) is 7.11. The van der Waals surface area contributed by atoms with Gasteiger partial charge in [-0.1, -0.05) is 48.5 Å². The lowest BCUT2D eigenvalue weighted by Gasteiger charge is -2.47. The molecule has 0 atom stereocenters. The topological polar surface area (TPSA) is 31.6 Å². The fourth-order valence-corrected chi connectivity index (χ4v) is 4.59. The van der Waals surface area contributed by atoms with Crippen molar-refractivity contribution in [2.75, 3.05) is 0 Å². The van der Waals surface area contributed by atoms with Gasteiger partial charge in [0.15, 0.2) is 0 Å². The van der Waals surface area contributed by atoms with Gasteiger partial charge in [0.1, 0.15) is 11.3 Å². The second-order valence-corrected chi connectivity index (χ2v) is 9.41. The van der Waals surface area contributed by atoms with Crippen molar-refractivity contribution in [2.45, 2.75) is 63.0 Å². The standard InChI is InChI=1S/C24H27BO3/c1-22(2)23(3,4)28-25(27-22)24(15-19(16-24)17-10-6-5-7-11-17)21-14-18-12-8-9-13-20(18)26-21/h5-14,19H,15-16H2,1-4H3. The summed E-state index contributed by atoms with van der Waals surface area (Å²) in [6, 6.07) is 21.1. The van der Waals surface area contributed by atoms with Gasteiger partial charge in [-0.15, -0.1) is 0 Å². The predicted molar refractivity (Wildman–Crippen MR) is 112 cm³/mol. The Kier molecular flexibility index (Phi) is 3.85. The molecule has 4 heteroatoms. The molecule has 144 valence electrons. The summed E-state index contributed by atoms with van der Waals surface area (Å²) in [6.07, 6.45) is 1.93. The maximum Gasteiger partial charge on any atom is 0.472 e. The molecule has 2 heterocycles. The molecule has 1 aliphatic carbocycles. The highest BCUT2D eigenvalue weighted by atomic mass is 16.7. The van der Waals surface area contributed by atoms with Gasteiger partial charge in [-0.05, 0) is 64.2 Å². The Morgan fingerprint density at radius 1 is 0.821 bits per heavy atom. The van der Waals surface area contributed by atoms with E-state index in [2.05, 4.69) is 76.2 Å². The van der Waals surface area contributed by atoms with Gasteiger partial charge < -0.3 is 13.7 Å². The van der Waals surface area contributed by atoms with Crippen molar-refractivity contribution >= 4 is 18.1 Å². The van der Waals surface area contributed by atoms with E-state index in [1.807, 2.05) is 12.1 Å². The SMILES string of the molecule is CC1(C)OB(C2(c3cc4ccccc4o3)CC(c3ccccc3)C2)OC1(C)C. The van der Waals surface area contributed by atoms with Crippen molar-refractivity contribution in [3.05, 3.63) is 72.0 Å². The van der Waals surface area contributed by atoms with Crippen LogP contribution in [0.25, 0.3) is 11.0 Å². The molecule has 1 saturated heterocycles. The van der Waals surface area contributed by atoms with E-state index in [-0.39, 0.29) is 23.6 Å². The number of para-hydroxylation sites is 1. The van der Waals surface area contributed by atoms with Gasteiger partial charge in [-0.2, -0.15) is 0 Å². The Morgan fingerprint density at radius 2 is 1.43 bits per heavy atom. The molecule has 5 rings (SSSR count). The summed E-state index contributed by atoms with van der Waals surface area (Å²) in [7, 11) is -0.307. The van der Waals surface area contributed by atoms with E-state index < -0.39 is 0 Å². The van der Waals surface area contributed by atoms with Crippen LogP contribution in [0.4, 0.5) is 0 Å². The molecule has 0 bridgehead atoms. The summed E-state index contributed by atoms with van der Waals surface area (Å²) in [6.45, 7) is 8.47. The lowest BCUT2D eigenvalue weighted by atomic mass is 9.42. The van der Waals surface area contributed by atoms with Gasteiger partial charge in [0, 0.05) is 5.39 Å². The van der Waals surface area contributed by atoms with Gasteiger partial charge in [-0.3, -0.25) is 0 Å². The first kappa shape index (κ1) is 18.0. The van der Waals surface area contributed by atoms with Crippen LogP contribution in [0.2, 0.25) is 0 Å². The summed E-state index contributed by atoms with van der Waals surface area (Å²) < 4.78 is 19.4. The van der Waals surface area contributed by atoms with Gasteiger partial charge in [0.25, 0.3) is 0 Å². The fraction of sp³-hybridized carbons (Fsp3) is 0.417. The molecule has 0 spiro atoms. The smallest absolute Gasteiger partial charge is 0.461 e.